The molecule has 2 aliphatic rings. The Labute approximate surface area is 184 Å². The third kappa shape index (κ3) is 5.26. The van der Waals surface area contributed by atoms with Gasteiger partial charge in [0.2, 0.25) is 0 Å². The molecule has 0 bridgehead atoms. The van der Waals surface area contributed by atoms with E-state index < -0.39 is 0 Å². The Bertz CT molecular complexity index is 815. The molecule has 0 N–H and O–H groups in total. The smallest absolute Gasteiger partial charge is 0.0162 e. The molecule has 0 aromatic heterocycles. The fourth-order valence-electron chi connectivity index (χ4n) is 5.52. The van der Waals surface area contributed by atoms with Crippen LogP contribution in [-0.2, 0) is 0 Å². The molecule has 1 saturated carbocycles. The summed E-state index contributed by atoms with van der Waals surface area (Å²) in [4.78, 5) is 0. The molecule has 0 nitrogen and oxygen atoms in total. The zero-order valence-corrected chi connectivity index (χ0v) is 19.4. The fourth-order valence-corrected chi connectivity index (χ4v) is 5.52. The first kappa shape index (κ1) is 21.4. The summed E-state index contributed by atoms with van der Waals surface area (Å²) in [6.07, 6.45) is 14.6. The molecule has 0 radical (unpaired) electrons. The van der Waals surface area contributed by atoms with E-state index in [9.17, 15) is 0 Å². The molecule has 30 heavy (non-hydrogen) atoms. The van der Waals surface area contributed by atoms with E-state index in [1.165, 1.54) is 74.5 Å². The minimum atomic E-state index is 0.778. The first-order valence-corrected chi connectivity index (χ1v) is 12.5. The summed E-state index contributed by atoms with van der Waals surface area (Å²) >= 11 is 0. The van der Waals surface area contributed by atoms with Crippen LogP contribution in [0.4, 0.5) is 0 Å². The number of rotatable bonds is 6. The van der Waals surface area contributed by atoms with E-state index in [1.54, 1.807) is 11.1 Å². The van der Waals surface area contributed by atoms with Crippen molar-refractivity contribution in [2.75, 3.05) is 0 Å². The standard InChI is InChI=1S/C30H40/c1-4-22(2)21-24-7-11-26(12-8-24)28-15-19-30(20-16-28)29-17-13-27(14-18-29)25-9-5-23(3)6-10-25/h11,13-20,22-25H,4-10,12,21H2,1-3H3. The summed E-state index contributed by atoms with van der Waals surface area (Å²) < 4.78 is 0. The highest BCUT2D eigenvalue weighted by Gasteiger charge is 2.20. The molecule has 0 heterocycles. The van der Waals surface area contributed by atoms with Crippen LogP contribution < -0.4 is 0 Å². The van der Waals surface area contributed by atoms with Crippen LogP contribution in [0, 0.1) is 17.8 Å². The van der Waals surface area contributed by atoms with E-state index >= 15 is 0 Å². The molecular weight excluding hydrogens is 360 g/mol. The zero-order chi connectivity index (χ0) is 20.9. The monoisotopic (exact) mass is 400 g/mol. The van der Waals surface area contributed by atoms with Gasteiger partial charge in [-0.1, -0.05) is 94.6 Å². The van der Waals surface area contributed by atoms with Crippen molar-refractivity contribution < 1.29 is 0 Å². The maximum atomic E-state index is 2.52. The molecule has 0 amide bonds. The average Bonchev–Trinajstić information content (AvgIpc) is 2.80. The normalized spacial score (nSPS) is 25.6. The van der Waals surface area contributed by atoms with Gasteiger partial charge in [0.15, 0.2) is 0 Å². The van der Waals surface area contributed by atoms with Gasteiger partial charge in [0, 0.05) is 0 Å². The SMILES string of the molecule is CCC(C)CC1CC=C(c2ccc(-c3ccc(C4CCC(C)CC4)cc3)cc2)CC1. The lowest BCUT2D eigenvalue weighted by Crippen LogP contribution is -2.10. The number of hydrogen-bond donors (Lipinski definition) is 0. The van der Waals surface area contributed by atoms with Crippen molar-refractivity contribution in [2.45, 2.75) is 84.5 Å². The molecule has 0 spiro atoms. The summed E-state index contributed by atoms with van der Waals surface area (Å²) in [5.74, 6) is 3.47. The van der Waals surface area contributed by atoms with Crippen LogP contribution in [0.1, 0.15) is 95.6 Å². The first-order valence-electron chi connectivity index (χ1n) is 12.5. The van der Waals surface area contributed by atoms with Crippen LogP contribution in [0.2, 0.25) is 0 Å². The fraction of sp³-hybridized carbons (Fsp3) is 0.533. The predicted octanol–water partition coefficient (Wildman–Crippen LogP) is 9.27. The Kier molecular flexibility index (Phi) is 7.13. The van der Waals surface area contributed by atoms with Crippen LogP contribution in [0.15, 0.2) is 54.6 Å². The van der Waals surface area contributed by atoms with Gasteiger partial charge in [-0.2, -0.15) is 0 Å². The molecule has 2 atom stereocenters. The molecule has 0 aliphatic heterocycles. The highest BCUT2D eigenvalue weighted by molar-refractivity contribution is 5.71. The molecule has 0 heteroatoms. The van der Waals surface area contributed by atoms with Gasteiger partial charge in [-0.15, -0.1) is 0 Å². The maximum absolute atomic E-state index is 2.52. The highest BCUT2D eigenvalue weighted by Crippen LogP contribution is 2.37. The van der Waals surface area contributed by atoms with Gasteiger partial charge in [0.05, 0.1) is 0 Å². The van der Waals surface area contributed by atoms with E-state index in [4.69, 9.17) is 0 Å². The van der Waals surface area contributed by atoms with Crippen molar-refractivity contribution in [1.29, 1.82) is 0 Å². The third-order valence-corrected chi connectivity index (χ3v) is 7.94. The minimum absolute atomic E-state index is 0.778. The molecule has 1 fully saturated rings. The van der Waals surface area contributed by atoms with Crippen molar-refractivity contribution in [3.05, 3.63) is 65.7 Å². The summed E-state index contributed by atoms with van der Waals surface area (Å²) in [6, 6.07) is 18.7. The van der Waals surface area contributed by atoms with Crippen LogP contribution in [-0.4, -0.2) is 0 Å². The molecular formula is C30H40. The van der Waals surface area contributed by atoms with E-state index in [1.807, 2.05) is 0 Å². The van der Waals surface area contributed by atoms with Crippen molar-refractivity contribution in [2.24, 2.45) is 17.8 Å². The predicted molar refractivity (Wildman–Crippen MR) is 132 cm³/mol. The maximum Gasteiger partial charge on any atom is -0.0162 e. The van der Waals surface area contributed by atoms with Crippen molar-refractivity contribution in [1.82, 2.24) is 0 Å². The van der Waals surface area contributed by atoms with E-state index in [0.717, 1.165) is 23.7 Å². The second kappa shape index (κ2) is 9.99. The van der Waals surface area contributed by atoms with E-state index in [-0.39, 0.29) is 0 Å². The Balaban J connectivity index is 1.38. The average molecular weight is 401 g/mol. The van der Waals surface area contributed by atoms with Crippen LogP contribution in [0.25, 0.3) is 16.7 Å². The van der Waals surface area contributed by atoms with Gasteiger partial charge in [-0.3, -0.25) is 0 Å². The van der Waals surface area contributed by atoms with Crippen LogP contribution in [0.5, 0.6) is 0 Å². The summed E-state index contributed by atoms with van der Waals surface area (Å²) in [5.41, 5.74) is 7.22. The van der Waals surface area contributed by atoms with Crippen molar-refractivity contribution >= 4 is 5.57 Å². The quantitative estimate of drug-likeness (QED) is 0.453. The summed E-state index contributed by atoms with van der Waals surface area (Å²) in [5, 5.41) is 0. The van der Waals surface area contributed by atoms with Crippen LogP contribution in [0.3, 0.4) is 0 Å². The lowest BCUT2D eigenvalue weighted by atomic mass is 9.79. The van der Waals surface area contributed by atoms with Gasteiger partial charge < -0.3 is 0 Å². The number of allylic oxidation sites excluding steroid dienone is 2. The molecule has 2 aliphatic carbocycles. The molecule has 2 aromatic rings. The summed E-state index contributed by atoms with van der Waals surface area (Å²) in [6.45, 7) is 7.12. The lowest BCUT2D eigenvalue weighted by molar-refractivity contribution is 0.348. The number of hydrogen-bond acceptors (Lipinski definition) is 0. The van der Waals surface area contributed by atoms with Gasteiger partial charge in [0.1, 0.15) is 0 Å². The van der Waals surface area contributed by atoms with Crippen molar-refractivity contribution in [3.63, 3.8) is 0 Å². The Morgan fingerprint density at radius 1 is 0.800 bits per heavy atom. The van der Waals surface area contributed by atoms with Crippen molar-refractivity contribution in [3.8, 4) is 11.1 Å². The van der Waals surface area contributed by atoms with Gasteiger partial charge in [-0.05, 0) is 90.0 Å². The van der Waals surface area contributed by atoms with E-state index in [2.05, 4.69) is 75.4 Å². The summed E-state index contributed by atoms with van der Waals surface area (Å²) in [7, 11) is 0. The van der Waals surface area contributed by atoms with Gasteiger partial charge >= 0.3 is 0 Å². The largest absolute Gasteiger partial charge is 0.0804 e. The highest BCUT2D eigenvalue weighted by atomic mass is 14.2. The molecule has 4 rings (SSSR count). The minimum Gasteiger partial charge on any atom is -0.0804 e. The Hall–Kier alpha value is -1.82. The Morgan fingerprint density at radius 3 is 1.97 bits per heavy atom. The van der Waals surface area contributed by atoms with Gasteiger partial charge in [0.25, 0.3) is 0 Å². The van der Waals surface area contributed by atoms with E-state index in [0.29, 0.717) is 0 Å². The zero-order valence-electron chi connectivity index (χ0n) is 19.4. The topological polar surface area (TPSA) is 0 Å². The Morgan fingerprint density at radius 2 is 1.40 bits per heavy atom. The van der Waals surface area contributed by atoms with Gasteiger partial charge in [-0.25, -0.2) is 0 Å². The first-order chi connectivity index (χ1) is 14.6. The van der Waals surface area contributed by atoms with Crippen LogP contribution >= 0.6 is 0 Å². The lowest BCUT2D eigenvalue weighted by Gasteiger charge is -2.26. The molecule has 160 valence electrons. The second-order valence-electron chi connectivity index (χ2n) is 10.3. The second-order valence-corrected chi connectivity index (χ2v) is 10.3. The molecule has 2 unspecified atom stereocenters. The molecule has 2 aromatic carbocycles. The molecule has 0 saturated heterocycles. The number of benzene rings is 2. The third-order valence-electron chi connectivity index (χ3n) is 7.94.